The Bertz CT molecular complexity index is 143. The summed E-state index contributed by atoms with van der Waals surface area (Å²) >= 11 is 0. The maximum atomic E-state index is 5.36. The van der Waals surface area contributed by atoms with Crippen LogP contribution in [0.15, 0.2) is 30.3 Å². The van der Waals surface area contributed by atoms with Crippen molar-refractivity contribution in [2.75, 3.05) is 0 Å². The van der Waals surface area contributed by atoms with Gasteiger partial charge in [-0.3, -0.25) is 0 Å². The Morgan fingerprint density at radius 1 is 0.800 bits per heavy atom. The van der Waals surface area contributed by atoms with Crippen molar-refractivity contribution >= 4 is 13.3 Å². The molecule has 0 bridgehead atoms. The van der Waals surface area contributed by atoms with Crippen LogP contribution in [-0.2, 0) is 0 Å². The fourth-order valence-corrected chi connectivity index (χ4v) is 0.453. The van der Waals surface area contributed by atoms with E-state index in [-0.39, 0.29) is 16.4 Å². The molecule has 0 saturated heterocycles. The first-order chi connectivity index (χ1) is 3.39. The molecule has 0 spiro atoms. The van der Waals surface area contributed by atoms with Gasteiger partial charge in [0.05, 0.1) is 0 Å². The van der Waals surface area contributed by atoms with Crippen LogP contribution in [0.1, 0.15) is 0 Å². The van der Waals surface area contributed by atoms with Gasteiger partial charge in [0.25, 0.3) is 0 Å². The molecule has 0 aliphatic carbocycles. The van der Waals surface area contributed by atoms with Gasteiger partial charge in [-0.1, -0.05) is 35.8 Å². The molecule has 1 rings (SSSR count). The van der Waals surface area contributed by atoms with E-state index in [1.54, 1.807) is 0 Å². The molecule has 10 heavy (non-hydrogen) atoms. The molecule has 1 aromatic carbocycles. The third kappa shape index (κ3) is 5.30. The van der Waals surface area contributed by atoms with E-state index in [1.807, 2.05) is 30.3 Å². The second-order valence-electron chi connectivity index (χ2n) is 1.41. The number of hydrogen-bond acceptors (Lipinski definition) is 0. The lowest BCUT2D eigenvalue weighted by Gasteiger charge is -1.83. The Hall–Kier alpha value is -0.835. The fraction of sp³-hybridized carbons (Fsp3) is 0. The SMILES string of the molecule is O.O.O.[B]c1ccccc1. The van der Waals surface area contributed by atoms with Gasteiger partial charge in [-0.25, -0.2) is 0 Å². The maximum Gasteiger partial charge on any atom is 0.113 e. The number of rotatable bonds is 0. The first-order valence-corrected chi connectivity index (χ1v) is 2.20. The highest BCUT2D eigenvalue weighted by molar-refractivity contribution is 6.32. The lowest BCUT2D eigenvalue weighted by atomic mass is 9.97. The second kappa shape index (κ2) is 8.16. The summed E-state index contributed by atoms with van der Waals surface area (Å²) in [5.74, 6) is 0. The molecular weight excluding hydrogens is 131 g/mol. The van der Waals surface area contributed by atoms with Crippen LogP contribution < -0.4 is 5.46 Å². The van der Waals surface area contributed by atoms with Gasteiger partial charge in [-0.05, 0) is 0 Å². The minimum Gasteiger partial charge on any atom is -0.412 e. The van der Waals surface area contributed by atoms with Gasteiger partial charge in [-0.15, -0.1) is 0 Å². The predicted octanol–water partition coefficient (Wildman–Crippen LogP) is -1.99. The van der Waals surface area contributed by atoms with Crippen LogP contribution in [0.5, 0.6) is 0 Å². The Kier molecular flexibility index (Phi) is 13.1. The van der Waals surface area contributed by atoms with Crippen LogP contribution in [0.4, 0.5) is 0 Å². The molecule has 0 unspecified atom stereocenters. The van der Waals surface area contributed by atoms with Crippen molar-refractivity contribution in [3.8, 4) is 0 Å². The minimum absolute atomic E-state index is 0. The molecule has 0 fully saturated rings. The molecule has 0 atom stereocenters. The molecule has 56 valence electrons. The Balaban J connectivity index is -0.000000163. The average Bonchev–Trinajstić information content (AvgIpc) is 1.69. The topological polar surface area (TPSA) is 94.5 Å². The summed E-state index contributed by atoms with van der Waals surface area (Å²) in [6.45, 7) is 0. The summed E-state index contributed by atoms with van der Waals surface area (Å²) in [6, 6.07) is 9.49. The summed E-state index contributed by atoms with van der Waals surface area (Å²) in [7, 11) is 5.36. The lowest BCUT2D eigenvalue weighted by Crippen LogP contribution is -1.97. The quantitative estimate of drug-likeness (QED) is 0.375. The third-order valence-corrected chi connectivity index (χ3v) is 0.800. The van der Waals surface area contributed by atoms with Gasteiger partial charge in [-0.2, -0.15) is 0 Å². The van der Waals surface area contributed by atoms with E-state index in [1.165, 1.54) is 0 Å². The molecule has 0 heterocycles. The van der Waals surface area contributed by atoms with Gasteiger partial charge in [0.1, 0.15) is 7.85 Å². The normalized spacial score (nSPS) is 6.00. The van der Waals surface area contributed by atoms with Crippen molar-refractivity contribution in [1.82, 2.24) is 0 Å². The first-order valence-electron chi connectivity index (χ1n) is 2.20. The average molecular weight is 142 g/mol. The smallest absolute Gasteiger partial charge is 0.113 e. The molecule has 4 heteroatoms. The van der Waals surface area contributed by atoms with Crippen molar-refractivity contribution in [3.63, 3.8) is 0 Å². The van der Waals surface area contributed by atoms with Crippen molar-refractivity contribution < 1.29 is 16.4 Å². The highest BCUT2D eigenvalue weighted by Gasteiger charge is 1.71. The maximum absolute atomic E-state index is 5.36. The Labute approximate surface area is 61.0 Å². The lowest BCUT2D eigenvalue weighted by molar-refractivity contribution is 0.823. The molecule has 0 aliphatic heterocycles. The molecule has 2 radical (unpaired) electrons. The van der Waals surface area contributed by atoms with E-state index in [2.05, 4.69) is 0 Å². The monoisotopic (exact) mass is 142 g/mol. The van der Waals surface area contributed by atoms with E-state index < -0.39 is 0 Å². The second-order valence-corrected chi connectivity index (χ2v) is 1.41. The Morgan fingerprint density at radius 2 is 1.20 bits per heavy atom. The zero-order valence-electron chi connectivity index (χ0n) is 5.46. The van der Waals surface area contributed by atoms with E-state index in [0.29, 0.717) is 0 Å². The van der Waals surface area contributed by atoms with Crippen LogP contribution in [0, 0.1) is 0 Å². The van der Waals surface area contributed by atoms with Gasteiger partial charge in [0.15, 0.2) is 0 Å². The van der Waals surface area contributed by atoms with Gasteiger partial charge in [0, 0.05) is 0 Å². The first kappa shape index (κ1) is 16.1. The van der Waals surface area contributed by atoms with Crippen LogP contribution in [0.25, 0.3) is 0 Å². The number of benzene rings is 1. The third-order valence-electron chi connectivity index (χ3n) is 0.800. The van der Waals surface area contributed by atoms with E-state index in [0.717, 1.165) is 5.46 Å². The summed E-state index contributed by atoms with van der Waals surface area (Å²) in [4.78, 5) is 0. The van der Waals surface area contributed by atoms with Crippen molar-refractivity contribution in [2.24, 2.45) is 0 Å². The standard InChI is InChI=1S/C6H5B.3H2O/c7-6-4-2-1-3-5-6;;;/h1-5H;3*1H2. The molecule has 1 aromatic rings. The summed E-state index contributed by atoms with van der Waals surface area (Å²) in [5, 5.41) is 0. The molecular formula is C6H11BO3. The van der Waals surface area contributed by atoms with Crippen LogP contribution >= 0.6 is 0 Å². The van der Waals surface area contributed by atoms with Crippen LogP contribution in [0.3, 0.4) is 0 Å². The van der Waals surface area contributed by atoms with Gasteiger partial charge >= 0.3 is 0 Å². The van der Waals surface area contributed by atoms with Crippen LogP contribution in [0.2, 0.25) is 0 Å². The highest BCUT2D eigenvalue weighted by atomic mass is 16.0. The van der Waals surface area contributed by atoms with Crippen molar-refractivity contribution in [3.05, 3.63) is 30.3 Å². The molecule has 0 saturated carbocycles. The van der Waals surface area contributed by atoms with E-state index in [4.69, 9.17) is 7.85 Å². The molecule has 0 aliphatic rings. The van der Waals surface area contributed by atoms with Crippen molar-refractivity contribution in [2.45, 2.75) is 0 Å². The highest BCUT2D eigenvalue weighted by Crippen LogP contribution is 1.76. The molecule has 0 aromatic heterocycles. The zero-order valence-corrected chi connectivity index (χ0v) is 5.46. The summed E-state index contributed by atoms with van der Waals surface area (Å²) in [5.41, 5.74) is 0.822. The predicted molar refractivity (Wildman–Crippen MR) is 42.7 cm³/mol. The van der Waals surface area contributed by atoms with E-state index in [9.17, 15) is 0 Å². The molecule has 0 amide bonds. The molecule has 6 N–H and O–H groups in total. The zero-order chi connectivity index (χ0) is 5.11. The Morgan fingerprint density at radius 3 is 1.40 bits per heavy atom. The summed E-state index contributed by atoms with van der Waals surface area (Å²) < 4.78 is 0. The van der Waals surface area contributed by atoms with Gasteiger partial charge in [0.2, 0.25) is 0 Å². The number of hydrogen-bond donors (Lipinski definition) is 0. The van der Waals surface area contributed by atoms with Crippen molar-refractivity contribution in [1.29, 1.82) is 0 Å². The van der Waals surface area contributed by atoms with E-state index >= 15 is 0 Å². The summed E-state index contributed by atoms with van der Waals surface area (Å²) in [6.07, 6.45) is 0. The van der Waals surface area contributed by atoms with Crippen LogP contribution in [-0.4, -0.2) is 24.3 Å². The van der Waals surface area contributed by atoms with Gasteiger partial charge < -0.3 is 16.4 Å². The molecule has 3 nitrogen and oxygen atoms in total. The minimum atomic E-state index is 0. The fourth-order valence-electron chi connectivity index (χ4n) is 0.453. The largest absolute Gasteiger partial charge is 0.412 e.